The zero-order valence-electron chi connectivity index (χ0n) is 7.02. The molecule has 5 heteroatoms. The molecular weight excluding hydrogens is 182 g/mol. The van der Waals surface area contributed by atoms with E-state index in [4.69, 9.17) is 0 Å². The van der Waals surface area contributed by atoms with Crippen LogP contribution in [0.5, 0.6) is 0 Å². The molecule has 1 N–H and O–H groups in total. The average molecular weight is 187 g/mol. The first kappa shape index (κ1) is 7.25. The number of carbonyl (C=O) groups excluding carboxylic acids is 2. The lowest BCUT2D eigenvalue weighted by Gasteiger charge is -1.94. The van der Waals surface area contributed by atoms with Crippen LogP contribution in [0.1, 0.15) is 10.5 Å². The van der Waals surface area contributed by atoms with Crippen LogP contribution in [0.2, 0.25) is 0 Å². The van der Waals surface area contributed by atoms with Gasteiger partial charge in [-0.1, -0.05) is 0 Å². The second kappa shape index (κ2) is 2.20. The fourth-order valence-corrected chi connectivity index (χ4v) is 1.64. The summed E-state index contributed by atoms with van der Waals surface area (Å²) in [6.07, 6.45) is 1.63. The molecule has 5 nitrogen and oxygen atoms in total. The molecule has 2 aromatic heterocycles. The Bertz CT molecular complexity index is 570. The quantitative estimate of drug-likeness (QED) is 0.661. The van der Waals surface area contributed by atoms with Gasteiger partial charge in [0.25, 0.3) is 5.91 Å². The van der Waals surface area contributed by atoms with E-state index >= 15 is 0 Å². The van der Waals surface area contributed by atoms with Crippen molar-refractivity contribution in [2.45, 2.75) is 0 Å². The Hall–Kier alpha value is -2.17. The Morgan fingerprint density at radius 1 is 1.36 bits per heavy atom. The third-order valence-corrected chi connectivity index (χ3v) is 2.23. The van der Waals surface area contributed by atoms with Crippen LogP contribution in [0.4, 0.5) is 4.79 Å². The number of imide groups is 1. The van der Waals surface area contributed by atoms with Crippen LogP contribution in [-0.2, 0) is 0 Å². The summed E-state index contributed by atoms with van der Waals surface area (Å²) in [6.45, 7) is 0. The molecule has 2 aromatic rings. The fraction of sp³-hybridized carbons (Fsp3) is 0. The molecule has 0 saturated heterocycles. The monoisotopic (exact) mass is 187 g/mol. The average Bonchev–Trinajstić information content (AvgIpc) is 2.66. The summed E-state index contributed by atoms with van der Waals surface area (Å²) in [5.41, 5.74) is 1.67. The molecule has 0 fully saturated rings. The molecule has 3 heterocycles. The van der Waals surface area contributed by atoms with Gasteiger partial charge < -0.3 is 0 Å². The maximum atomic E-state index is 11.4. The molecule has 0 aliphatic carbocycles. The minimum Gasteiger partial charge on any atom is -0.272 e. The number of aromatic nitrogens is 2. The predicted molar refractivity (Wildman–Crippen MR) is 48.0 cm³/mol. The topological polar surface area (TPSA) is 64.0 Å². The van der Waals surface area contributed by atoms with Crippen molar-refractivity contribution in [3.05, 3.63) is 30.1 Å². The van der Waals surface area contributed by atoms with Gasteiger partial charge >= 0.3 is 6.03 Å². The van der Waals surface area contributed by atoms with Crippen LogP contribution < -0.4 is 5.32 Å². The van der Waals surface area contributed by atoms with Crippen LogP contribution in [0.25, 0.3) is 11.0 Å². The van der Waals surface area contributed by atoms with Crippen molar-refractivity contribution in [2.75, 3.05) is 0 Å². The highest BCUT2D eigenvalue weighted by atomic mass is 16.2. The molecule has 0 radical (unpaired) electrons. The van der Waals surface area contributed by atoms with E-state index in [-0.39, 0.29) is 5.91 Å². The largest absolute Gasteiger partial charge is 0.333 e. The maximum absolute atomic E-state index is 11.4. The highest BCUT2D eigenvalue weighted by molar-refractivity contribution is 6.15. The molecule has 3 rings (SSSR count). The minimum atomic E-state index is -0.409. The van der Waals surface area contributed by atoms with E-state index in [1.807, 2.05) is 0 Å². The summed E-state index contributed by atoms with van der Waals surface area (Å²) in [5, 5.41) is 2.21. The van der Waals surface area contributed by atoms with Crippen molar-refractivity contribution in [1.82, 2.24) is 14.9 Å². The SMILES string of the molecule is O=C1NC(=O)n2c1cc1ncccc12. The van der Waals surface area contributed by atoms with Crippen molar-refractivity contribution < 1.29 is 9.59 Å². The predicted octanol–water partition coefficient (Wildman–Crippen LogP) is 0.748. The molecule has 0 bridgehead atoms. The van der Waals surface area contributed by atoms with Gasteiger partial charge in [0.05, 0.1) is 11.0 Å². The van der Waals surface area contributed by atoms with Crippen LogP contribution in [0.15, 0.2) is 24.4 Å². The van der Waals surface area contributed by atoms with E-state index in [0.29, 0.717) is 16.7 Å². The van der Waals surface area contributed by atoms with E-state index in [9.17, 15) is 9.59 Å². The van der Waals surface area contributed by atoms with Gasteiger partial charge in [-0.15, -0.1) is 0 Å². The number of fused-ring (bicyclic) bond motifs is 3. The number of amides is 2. The molecule has 2 amide bonds. The fourth-order valence-electron chi connectivity index (χ4n) is 1.64. The highest BCUT2D eigenvalue weighted by Crippen LogP contribution is 2.20. The molecule has 14 heavy (non-hydrogen) atoms. The van der Waals surface area contributed by atoms with Crippen LogP contribution in [-0.4, -0.2) is 21.5 Å². The highest BCUT2D eigenvalue weighted by Gasteiger charge is 2.28. The van der Waals surface area contributed by atoms with Gasteiger partial charge in [-0.25, -0.2) is 4.79 Å². The molecule has 0 atom stereocenters. The number of rotatable bonds is 0. The van der Waals surface area contributed by atoms with Gasteiger partial charge in [0.15, 0.2) is 0 Å². The van der Waals surface area contributed by atoms with Gasteiger partial charge in [-0.05, 0) is 18.2 Å². The van der Waals surface area contributed by atoms with Crippen molar-refractivity contribution in [3.8, 4) is 0 Å². The number of nitrogens with one attached hydrogen (secondary N) is 1. The Kier molecular flexibility index (Phi) is 1.14. The van der Waals surface area contributed by atoms with Crippen molar-refractivity contribution in [2.24, 2.45) is 0 Å². The number of pyridine rings is 1. The van der Waals surface area contributed by atoms with Crippen molar-refractivity contribution in [1.29, 1.82) is 0 Å². The zero-order valence-corrected chi connectivity index (χ0v) is 7.02. The van der Waals surface area contributed by atoms with Gasteiger partial charge in [0.2, 0.25) is 0 Å². The Morgan fingerprint density at radius 2 is 2.21 bits per heavy atom. The van der Waals surface area contributed by atoms with Crippen LogP contribution >= 0.6 is 0 Å². The van der Waals surface area contributed by atoms with E-state index < -0.39 is 6.03 Å². The molecule has 0 aromatic carbocycles. The molecule has 0 unspecified atom stereocenters. The Balaban J connectivity index is 2.49. The number of hydrogen-bond donors (Lipinski definition) is 1. The molecule has 1 aliphatic heterocycles. The standard InChI is InChI=1S/C9H5N3O2/c13-8-7-4-5-6(2-1-3-10-5)12(7)9(14)11-8/h1-4H,(H,11,13,14). The van der Waals surface area contributed by atoms with Crippen molar-refractivity contribution in [3.63, 3.8) is 0 Å². The van der Waals surface area contributed by atoms with Crippen LogP contribution in [0.3, 0.4) is 0 Å². The number of carbonyl (C=O) groups is 2. The first-order chi connectivity index (χ1) is 6.77. The second-order valence-electron chi connectivity index (χ2n) is 3.03. The third-order valence-electron chi connectivity index (χ3n) is 2.23. The summed E-state index contributed by atoms with van der Waals surface area (Å²) in [5.74, 6) is -0.368. The lowest BCUT2D eigenvalue weighted by Crippen LogP contribution is -2.22. The maximum Gasteiger partial charge on any atom is 0.333 e. The smallest absolute Gasteiger partial charge is 0.272 e. The molecule has 0 saturated carbocycles. The lowest BCUT2D eigenvalue weighted by molar-refractivity contribution is 0.0976. The zero-order chi connectivity index (χ0) is 9.71. The Labute approximate surface area is 78.3 Å². The lowest BCUT2D eigenvalue weighted by atomic mass is 10.3. The summed E-state index contributed by atoms with van der Waals surface area (Å²) >= 11 is 0. The summed E-state index contributed by atoms with van der Waals surface area (Å²) < 4.78 is 1.34. The number of nitrogens with zero attached hydrogens (tertiary/aromatic N) is 2. The first-order valence-electron chi connectivity index (χ1n) is 4.09. The number of hydrogen-bond acceptors (Lipinski definition) is 3. The summed E-state index contributed by atoms with van der Waals surface area (Å²) in [4.78, 5) is 26.7. The minimum absolute atomic E-state index is 0.351. The molecule has 0 spiro atoms. The second-order valence-corrected chi connectivity index (χ2v) is 3.03. The molecule has 68 valence electrons. The van der Waals surface area contributed by atoms with E-state index in [1.54, 1.807) is 24.4 Å². The summed E-state index contributed by atoms with van der Waals surface area (Å²) in [7, 11) is 0. The van der Waals surface area contributed by atoms with Gasteiger partial charge in [0, 0.05) is 6.20 Å². The summed E-state index contributed by atoms with van der Waals surface area (Å²) in [6, 6.07) is 4.68. The first-order valence-corrected chi connectivity index (χ1v) is 4.09. The van der Waals surface area contributed by atoms with Gasteiger partial charge in [0.1, 0.15) is 5.69 Å². The molecule has 1 aliphatic rings. The molecular formula is C9H5N3O2. The Morgan fingerprint density at radius 3 is 3.07 bits per heavy atom. The van der Waals surface area contributed by atoms with Gasteiger partial charge in [-0.3, -0.25) is 19.7 Å². The van der Waals surface area contributed by atoms with Crippen LogP contribution in [0, 0.1) is 0 Å². The van der Waals surface area contributed by atoms with E-state index in [2.05, 4.69) is 10.3 Å². The van der Waals surface area contributed by atoms with E-state index in [0.717, 1.165) is 0 Å². The third kappa shape index (κ3) is 0.711. The van der Waals surface area contributed by atoms with E-state index in [1.165, 1.54) is 4.57 Å². The van der Waals surface area contributed by atoms with Gasteiger partial charge in [-0.2, -0.15) is 0 Å². The normalized spacial score (nSPS) is 14.6. The van der Waals surface area contributed by atoms with Crippen molar-refractivity contribution >= 4 is 23.0 Å².